The number of allylic oxidation sites excluding steroid dienone is 1. The van der Waals surface area contributed by atoms with Gasteiger partial charge in [0.25, 0.3) is 0 Å². The number of rotatable bonds is 4. The average Bonchev–Trinajstić information content (AvgIpc) is 3.41. The van der Waals surface area contributed by atoms with E-state index in [1.807, 2.05) is 30.3 Å². The highest BCUT2D eigenvalue weighted by molar-refractivity contribution is 5.92. The van der Waals surface area contributed by atoms with E-state index in [1.165, 1.54) is 31.3 Å². The molecule has 0 aromatic heterocycles. The highest BCUT2D eigenvalue weighted by atomic mass is 16.5. The Hall–Kier alpha value is -2.10. The fourth-order valence-electron chi connectivity index (χ4n) is 12.1. The molecule has 5 aliphatic rings. The number of nitrogens with zero attached hydrogens (tertiary/aromatic N) is 1. The third kappa shape index (κ3) is 3.56. The quantitative estimate of drug-likeness (QED) is 0.178. The normalized spacial score (nSPS) is 46.1. The topological polar surface area (TPSA) is 58.9 Å². The molecule has 1 aromatic carbocycles. The van der Waals surface area contributed by atoms with Gasteiger partial charge in [-0.3, -0.25) is 4.79 Å². The molecule has 1 N–H and O–H groups in total. The molecule has 218 valence electrons. The molecule has 0 unspecified atom stereocenters. The van der Waals surface area contributed by atoms with Crippen LogP contribution < -0.4 is 0 Å². The van der Waals surface area contributed by atoms with Crippen molar-refractivity contribution < 1.29 is 14.7 Å². The number of fused-ring (bicyclic) bond motifs is 7. The molecular formula is C36H51NO3. The van der Waals surface area contributed by atoms with E-state index in [4.69, 9.17) is 4.74 Å². The van der Waals surface area contributed by atoms with Crippen molar-refractivity contribution in [2.45, 2.75) is 106 Å². The van der Waals surface area contributed by atoms with E-state index in [9.17, 15) is 10.0 Å². The largest absolute Gasteiger partial charge is 0.460 e. The first kappa shape index (κ1) is 28.0. The van der Waals surface area contributed by atoms with Gasteiger partial charge in [-0.15, -0.1) is 0 Å². The molecule has 0 radical (unpaired) electrons. The highest BCUT2D eigenvalue weighted by Gasteiger charge is 2.73. The Kier molecular flexibility index (Phi) is 6.45. The van der Waals surface area contributed by atoms with Crippen molar-refractivity contribution in [1.29, 1.82) is 0 Å². The monoisotopic (exact) mass is 545 g/mol. The van der Waals surface area contributed by atoms with Crippen molar-refractivity contribution in [3.8, 4) is 0 Å². The van der Waals surface area contributed by atoms with Crippen molar-refractivity contribution in [3.63, 3.8) is 0 Å². The smallest absolute Gasteiger partial charge is 0.312 e. The van der Waals surface area contributed by atoms with E-state index in [0.29, 0.717) is 36.2 Å². The van der Waals surface area contributed by atoms with Gasteiger partial charge >= 0.3 is 5.97 Å². The Morgan fingerprint density at radius 3 is 2.35 bits per heavy atom. The second-order valence-corrected chi connectivity index (χ2v) is 15.8. The van der Waals surface area contributed by atoms with Crippen LogP contribution in [0.4, 0.5) is 0 Å². The maximum atomic E-state index is 14.1. The van der Waals surface area contributed by atoms with Crippen molar-refractivity contribution in [1.82, 2.24) is 0 Å². The molecule has 5 fully saturated rings. The molecule has 5 aliphatic carbocycles. The summed E-state index contributed by atoms with van der Waals surface area (Å²) >= 11 is 0. The van der Waals surface area contributed by atoms with E-state index >= 15 is 0 Å². The van der Waals surface area contributed by atoms with E-state index in [0.717, 1.165) is 43.4 Å². The lowest BCUT2D eigenvalue weighted by Gasteiger charge is -2.70. The summed E-state index contributed by atoms with van der Waals surface area (Å²) in [7, 11) is 0. The van der Waals surface area contributed by atoms with Crippen LogP contribution in [0.5, 0.6) is 0 Å². The summed E-state index contributed by atoms with van der Waals surface area (Å²) in [4.78, 5) is 14.1. The van der Waals surface area contributed by atoms with Crippen LogP contribution in [0.25, 0.3) is 0 Å². The second kappa shape index (κ2) is 9.20. The number of esters is 1. The third-order valence-corrected chi connectivity index (χ3v) is 14.2. The van der Waals surface area contributed by atoms with Gasteiger partial charge < -0.3 is 9.94 Å². The van der Waals surface area contributed by atoms with Crippen molar-refractivity contribution in [2.75, 3.05) is 0 Å². The van der Waals surface area contributed by atoms with Crippen molar-refractivity contribution in [3.05, 3.63) is 48.0 Å². The standard InChI is InChI=1S/C36H51NO3/c1-23(2)25-15-18-36(31(38)40-22-24-11-9-8-10-12-24)20-19-34(6)26(30(25)36)13-14-28-33(5)21-29(37-39)32(3,4)27(33)16-17-35(28,34)7/h8-12,25-28,30,39H,1,13-22H2,2-7H3/b37-29+/t25-,26+,27-,28+,30+,33-,34+,35+,36-/m0/s1. The summed E-state index contributed by atoms with van der Waals surface area (Å²) < 4.78 is 6.16. The zero-order valence-electron chi connectivity index (χ0n) is 25.8. The van der Waals surface area contributed by atoms with Gasteiger partial charge in [0.1, 0.15) is 6.61 Å². The molecule has 0 spiro atoms. The number of hydrogen-bond acceptors (Lipinski definition) is 4. The van der Waals surface area contributed by atoms with E-state index in [1.54, 1.807) is 0 Å². The summed E-state index contributed by atoms with van der Waals surface area (Å²) in [5, 5.41) is 13.8. The van der Waals surface area contributed by atoms with Gasteiger partial charge in [0.05, 0.1) is 11.1 Å². The fourth-order valence-corrected chi connectivity index (χ4v) is 12.1. The van der Waals surface area contributed by atoms with Crippen LogP contribution in [-0.2, 0) is 16.1 Å². The first-order valence-electron chi connectivity index (χ1n) is 15.9. The molecule has 40 heavy (non-hydrogen) atoms. The minimum absolute atomic E-state index is 0.0384. The van der Waals surface area contributed by atoms with Crippen LogP contribution in [0.2, 0.25) is 0 Å². The molecule has 4 nitrogen and oxygen atoms in total. The number of ether oxygens (including phenoxy) is 1. The van der Waals surface area contributed by atoms with Gasteiger partial charge in [0.15, 0.2) is 0 Å². The van der Waals surface area contributed by atoms with Gasteiger partial charge in [0.2, 0.25) is 0 Å². The SMILES string of the molecule is C=C(C)[C@@H]1CC[C@]2(C(=O)OCc3ccccc3)CC[C@]3(C)[C@H](CC[C@@H]4[C@@]5(C)C/C(=N\O)C(C)(C)[C@@H]5CC[C@]43C)[C@@H]12. The van der Waals surface area contributed by atoms with Crippen molar-refractivity contribution in [2.24, 2.45) is 61.8 Å². The van der Waals surface area contributed by atoms with Crippen molar-refractivity contribution >= 4 is 11.7 Å². The van der Waals surface area contributed by atoms with Crippen LogP contribution in [-0.4, -0.2) is 16.9 Å². The maximum Gasteiger partial charge on any atom is 0.312 e. The molecule has 1 aromatic rings. The van der Waals surface area contributed by atoms with E-state index in [-0.39, 0.29) is 33.0 Å². The van der Waals surface area contributed by atoms with E-state index in [2.05, 4.69) is 53.3 Å². The first-order valence-corrected chi connectivity index (χ1v) is 15.9. The Morgan fingerprint density at radius 1 is 0.950 bits per heavy atom. The zero-order chi connectivity index (χ0) is 28.7. The zero-order valence-corrected chi connectivity index (χ0v) is 25.8. The lowest BCUT2D eigenvalue weighted by atomic mass is 9.34. The third-order valence-electron chi connectivity index (χ3n) is 14.2. The maximum absolute atomic E-state index is 14.1. The summed E-state index contributed by atoms with van der Waals surface area (Å²) in [6.07, 6.45) is 9.71. The van der Waals surface area contributed by atoms with Crippen LogP contribution in [0.1, 0.15) is 105 Å². The summed E-state index contributed by atoms with van der Waals surface area (Å²) in [5.74, 6) is 2.38. The highest BCUT2D eigenvalue weighted by Crippen LogP contribution is 2.78. The number of oxime groups is 1. The summed E-state index contributed by atoms with van der Waals surface area (Å²) in [6, 6.07) is 10.1. The Labute approximate surface area is 242 Å². The number of carbonyl (C=O) groups excluding carboxylic acids is 1. The Morgan fingerprint density at radius 2 is 1.68 bits per heavy atom. The molecule has 5 saturated carbocycles. The van der Waals surface area contributed by atoms with E-state index < -0.39 is 0 Å². The summed E-state index contributed by atoms with van der Waals surface area (Å²) in [6.45, 7) is 19.4. The van der Waals surface area contributed by atoms with Gasteiger partial charge in [-0.1, -0.05) is 82.3 Å². The lowest BCUT2D eigenvalue weighted by Crippen LogP contribution is -2.64. The molecular weight excluding hydrogens is 494 g/mol. The van der Waals surface area contributed by atoms with Crippen LogP contribution >= 0.6 is 0 Å². The average molecular weight is 546 g/mol. The molecule has 0 heterocycles. The lowest BCUT2D eigenvalue weighted by molar-refractivity contribution is -0.223. The van der Waals surface area contributed by atoms with Gasteiger partial charge in [-0.05, 0) is 116 Å². The Balaban J connectivity index is 1.35. The molecule has 0 bridgehead atoms. The molecule has 0 saturated heterocycles. The molecule has 6 rings (SSSR count). The van der Waals surface area contributed by atoms with Crippen LogP contribution in [0, 0.1) is 56.7 Å². The summed E-state index contributed by atoms with van der Waals surface area (Å²) in [5.41, 5.74) is 3.38. The first-order chi connectivity index (χ1) is 18.8. The second-order valence-electron chi connectivity index (χ2n) is 15.8. The molecule has 0 aliphatic heterocycles. The van der Waals surface area contributed by atoms with Crippen LogP contribution in [0.15, 0.2) is 47.6 Å². The fraction of sp³-hybridized carbons (Fsp3) is 0.722. The predicted octanol–water partition coefficient (Wildman–Crippen LogP) is 8.83. The number of carbonyl (C=O) groups is 1. The number of benzene rings is 1. The molecule has 0 amide bonds. The van der Waals surface area contributed by atoms with Crippen LogP contribution in [0.3, 0.4) is 0 Å². The Bertz CT molecular complexity index is 1220. The molecule has 4 heteroatoms. The predicted molar refractivity (Wildman–Crippen MR) is 160 cm³/mol. The molecule has 9 atom stereocenters. The van der Waals surface area contributed by atoms with Gasteiger partial charge in [-0.2, -0.15) is 0 Å². The van der Waals surface area contributed by atoms with Gasteiger partial charge in [0, 0.05) is 5.41 Å². The minimum Gasteiger partial charge on any atom is -0.460 e. The minimum atomic E-state index is -0.390. The number of hydrogen-bond donors (Lipinski definition) is 1. The van der Waals surface area contributed by atoms with Gasteiger partial charge in [-0.25, -0.2) is 0 Å².